The van der Waals surface area contributed by atoms with Crippen molar-refractivity contribution in [1.29, 1.82) is 0 Å². The van der Waals surface area contributed by atoms with Gasteiger partial charge in [0.05, 0.1) is 57.4 Å². The third-order valence-electron chi connectivity index (χ3n) is 19.0. The summed E-state index contributed by atoms with van der Waals surface area (Å²) in [5.74, 6) is 1.96. The van der Waals surface area contributed by atoms with Crippen LogP contribution in [0.25, 0.3) is 0 Å². The zero-order chi connectivity index (χ0) is 87.2. The van der Waals surface area contributed by atoms with Crippen LogP contribution >= 0.6 is 0 Å². The number of aromatic nitrogens is 9. The maximum Gasteiger partial charge on any atom is 0.247 e. The molecule has 644 valence electrons. The first-order valence-corrected chi connectivity index (χ1v) is 39.8. The summed E-state index contributed by atoms with van der Waals surface area (Å²) >= 11 is 0. The van der Waals surface area contributed by atoms with Gasteiger partial charge in [-0.25, -0.2) is 37.5 Å². The molecule has 4 atom stereocenters. The average molecular weight is 1700 g/mol. The molecule has 4 saturated heterocycles. The number of hydrogen-bond donors (Lipinski definition) is 10. The van der Waals surface area contributed by atoms with Crippen molar-refractivity contribution in [2.45, 2.75) is 62.8 Å². The van der Waals surface area contributed by atoms with Crippen LogP contribution in [0.3, 0.4) is 0 Å². The molecule has 32 nitrogen and oxygen atoms in total. The number of amides is 4. The van der Waals surface area contributed by atoms with E-state index in [1.54, 1.807) is 119 Å². The fourth-order valence-electron chi connectivity index (χ4n) is 12.9. The van der Waals surface area contributed by atoms with E-state index in [1.165, 1.54) is 24.3 Å². The molecule has 5 aliphatic heterocycles. The van der Waals surface area contributed by atoms with Crippen molar-refractivity contribution >= 4 is 116 Å². The van der Waals surface area contributed by atoms with Crippen LogP contribution in [0.2, 0.25) is 0 Å². The zero-order valence-corrected chi connectivity index (χ0v) is 67.6. The highest BCUT2D eigenvalue weighted by molar-refractivity contribution is 6.00. The Labute approximate surface area is 716 Å². The third kappa shape index (κ3) is 26.3. The minimum absolute atomic E-state index is 0.0164. The number of likely N-dealkylation sites (tertiary alicyclic amines) is 2. The minimum Gasteiger partial charge on any atom is -0.488 e. The summed E-state index contributed by atoms with van der Waals surface area (Å²) in [6, 6.07) is 44.3. The molecule has 10 N–H and O–H groups in total. The van der Waals surface area contributed by atoms with Crippen LogP contribution in [0.15, 0.2) is 239 Å². The lowest BCUT2D eigenvalue weighted by Gasteiger charge is -2.32. The van der Waals surface area contributed by atoms with Crippen molar-refractivity contribution in [2.75, 3.05) is 119 Å². The Hall–Kier alpha value is -15.3. The van der Waals surface area contributed by atoms with Crippen molar-refractivity contribution in [3.63, 3.8) is 0 Å². The van der Waals surface area contributed by atoms with E-state index in [4.69, 9.17) is 33.2 Å². The van der Waals surface area contributed by atoms with Crippen molar-refractivity contribution in [2.24, 2.45) is 0 Å². The van der Waals surface area contributed by atoms with Gasteiger partial charge < -0.3 is 96.1 Å². The number of carbonyl (C=O) groups excluding carboxylic acids is 4. The summed E-state index contributed by atoms with van der Waals surface area (Å²) < 4.78 is 96.2. The normalized spacial score (nSPS) is 15.9. The van der Waals surface area contributed by atoms with Gasteiger partial charge in [-0.05, 0) is 183 Å². The fraction of sp³-hybridized carbons (Fsp3) is 0.225. The molecule has 125 heavy (non-hydrogen) atoms. The van der Waals surface area contributed by atoms with E-state index in [0.717, 1.165) is 99.4 Å². The molecular formula is C89H89F4N21O11. The number of nitrogens with zero attached hydrogens (tertiary/aromatic N) is 11. The molecule has 11 aromatic rings. The number of rotatable bonds is 28. The molecule has 0 bridgehead atoms. The van der Waals surface area contributed by atoms with Crippen molar-refractivity contribution in [3.05, 3.63) is 263 Å². The van der Waals surface area contributed by atoms with Gasteiger partial charge >= 0.3 is 0 Å². The Morgan fingerprint density at radius 3 is 1.22 bits per heavy atom. The quantitative estimate of drug-likeness (QED) is 0.0161. The number of anilines is 16. The van der Waals surface area contributed by atoms with E-state index in [0.29, 0.717) is 110 Å². The third-order valence-corrected chi connectivity index (χ3v) is 19.0. The molecule has 16 rings (SSSR count). The highest BCUT2D eigenvalue weighted by atomic mass is 19.1. The van der Waals surface area contributed by atoms with Crippen molar-refractivity contribution < 1.29 is 69.9 Å². The molecule has 0 radical (unpaired) electrons. The smallest absolute Gasteiger partial charge is 0.247 e. The summed E-state index contributed by atoms with van der Waals surface area (Å²) in [5, 5.41) is 29.5. The topological polar surface area (TPSA) is 376 Å². The first-order valence-electron chi connectivity index (χ1n) is 39.8. The average Bonchev–Trinajstić information content (AvgIpc) is 1.16. The lowest BCUT2D eigenvalue weighted by molar-refractivity contribution is -0.127. The van der Waals surface area contributed by atoms with Gasteiger partial charge in [0.1, 0.15) is 48.4 Å². The van der Waals surface area contributed by atoms with E-state index in [2.05, 4.69) is 124 Å². The molecule has 5 aromatic heterocycles. The van der Waals surface area contributed by atoms with Gasteiger partial charge in [0.2, 0.25) is 47.4 Å². The Morgan fingerprint density at radius 1 is 0.400 bits per heavy atom. The number of hydrogen-bond acceptors (Lipinski definition) is 28. The number of pyridine rings is 1. The number of fused-ring (bicyclic) bond motifs is 1. The van der Waals surface area contributed by atoms with Crippen LogP contribution in [0.4, 0.5) is 110 Å². The van der Waals surface area contributed by atoms with Crippen LogP contribution in [-0.2, 0) is 28.7 Å². The van der Waals surface area contributed by atoms with Gasteiger partial charge in [-0.1, -0.05) is 38.4 Å². The molecule has 5 aliphatic rings. The van der Waals surface area contributed by atoms with E-state index >= 15 is 0 Å². The monoisotopic (exact) mass is 1700 g/mol. The molecule has 36 heteroatoms. The summed E-state index contributed by atoms with van der Waals surface area (Å²) in [6.45, 7) is 19.8. The van der Waals surface area contributed by atoms with Gasteiger partial charge in [0, 0.05) is 109 Å². The Balaban J connectivity index is 0.000000143. The molecule has 4 amide bonds. The van der Waals surface area contributed by atoms with Gasteiger partial charge in [-0.15, -0.1) is 0 Å². The van der Waals surface area contributed by atoms with E-state index in [-0.39, 0.29) is 95.0 Å². The summed E-state index contributed by atoms with van der Waals surface area (Å²) in [7, 11) is 0. The van der Waals surface area contributed by atoms with Crippen LogP contribution < -0.4 is 76.9 Å². The second kappa shape index (κ2) is 43.8. The molecule has 4 fully saturated rings. The number of benzene rings is 6. The lowest BCUT2D eigenvalue weighted by Crippen LogP contribution is -2.44. The largest absolute Gasteiger partial charge is 0.488 e. The number of carbonyl (C=O) groups is 4. The van der Waals surface area contributed by atoms with E-state index in [1.807, 2.05) is 54.6 Å². The van der Waals surface area contributed by atoms with Crippen LogP contribution in [0.5, 0.6) is 34.5 Å². The number of halogens is 4. The molecular weight excluding hydrogens is 1620 g/mol. The van der Waals surface area contributed by atoms with Crippen molar-refractivity contribution in [3.8, 4) is 34.5 Å². The molecule has 0 aliphatic carbocycles. The first-order chi connectivity index (χ1) is 60.9. The molecule has 10 heterocycles. The SMILES string of the molecule is C=CC(=O)N1CCC[C@@H](Nc2nc(Nc3ccc(O[C@@H]4CCOC4)cc3)ncc2F)C1.C=CC(=O)N1CCC[C@@H](Nc2nc(Nc3ccc(O[C@H]4CCOC4)cc3)ncc2F)C1.C=CC(=O)Nc1cccc(Nc2nc(Nc3ccc(Oc4cccnc4)cc3)ncc2F)c1.C=CC(=O)Nc1cccc(Nc2nc(Nc3ccc4c(c3)OCCO4)ncc2F)c1. The second-order valence-electron chi connectivity index (χ2n) is 28.2. The standard InChI is InChI=1S/C24H19FN6O2.2C22H26FN5O3.C21H18FN5O3/c1-2-22(32)28-17-5-3-6-18(13-17)29-23-21(25)15-27-24(31-23)30-16-8-10-19(11-9-16)33-20-7-4-12-26-14-20;2*1-2-20(29)28-10-3-4-16(13-28)25-21-19(23)12-24-22(27-21)26-15-5-7-17(8-6-15)31-18-9-11-30-14-18;1-2-19(28)24-13-4-3-5-14(10-13)25-20-16(22)12-23-21(27-20)26-15-6-7-17-18(11-15)30-9-8-29-17/h2-15H,1H2,(H,28,32)(H2,27,29,30,31);2*2,5-8,12,16,18H,1,3-4,9-11,13-14H2,(H2,24,25,26,27);2-7,10-12H,1,8-9H2,(H,24,28)(H2,23,25,26,27)/t;16-,18+;16-,18-;/m.11./s1. The van der Waals surface area contributed by atoms with Gasteiger partial charge in [0.25, 0.3) is 0 Å². The lowest BCUT2D eigenvalue weighted by atomic mass is 10.1. The number of nitrogens with one attached hydrogen (secondary N) is 10. The minimum atomic E-state index is -0.624. The van der Waals surface area contributed by atoms with Crippen molar-refractivity contribution in [1.82, 2.24) is 54.7 Å². The van der Waals surface area contributed by atoms with Crippen LogP contribution in [0, 0.1) is 23.3 Å². The number of piperidine rings is 2. The predicted molar refractivity (Wildman–Crippen MR) is 466 cm³/mol. The fourth-order valence-corrected chi connectivity index (χ4v) is 12.9. The summed E-state index contributed by atoms with van der Waals surface area (Å²) in [4.78, 5) is 87.1. The second-order valence-corrected chi connectivity index (χ2v) is 28.2. The summed E-state index contributed by atoms with van der Waals surface area (Å²) in [5.41, 5.74) is 5.03. The van der Waals surface area contributed by atoms with Gasteiger partial charge in [-0.3, -0.25) is 24.2 Å². The Morgan fingerprint density at radius 2 is 0.800 bits per heavy atom. The summed E-state index contributed by atoms with van der Waals surface area (Å²) in [6.07, 6.45) is 17.9. The van der Waals surface area contributed by atoms with Crippen LogP contribution in [-0.4, -0.2) is 168 Å². The molecule has 0 unspecified atom stereocenters. The maximum absolute atomic E-state index is 14.3. The van der Waals surface area contributed by atoms with E-state index < -0.39 is 23.3 Å². The van der Waals surface area contributed by atoms with Crippen LogP contribution in [0.1, 0.15) is 38.5 Å². The molecule has 6 aromatic carbocycles. The molecule has 0 saturated carbocycles. The van der Waals surface area contributed by atoms with Gasteiger partial charge in [-0.2, -0.15) is 19.9 Å². The molecule has 0 spiro atoms. The number of ether oxygens (including phenoxy) is 7. The highest BCUT2D eigenvalue weighted by Crippen LogP contribution is 2.35. The Bertz CT molecular complexity index is 5400. The van der Waals surface area contributed by atoms with Gasteiger partial charge in [0.15, 0.2) is 58.0 Å². The zero-order valence-electron chi connectivity index (χ0n) is 67.6. The predicted octanol–water partition coefficient (Wildman–Crippen LogP) is 15.6. The maximum atomic E-state index is 14.3. The Kier molecular flexibility index (Phi) is 30.6. The highest BCUT2D eigenvalue weighted by Gasteiger charge is 2.27. The van der Waals surface area contributed by atoms with E-state index in [9.17, 15) is 36.7 Å². The first kappa shape index (κ1) is 87.5.